The molecule has 160 valence electrons. The van der Waals surface area contributed by atoms with E-state index in [1.807, 2.05) is 18.7 Å². The van der Waals surface area contributed by atoms with Crippen molar-refractivity contribution in [2.24, 2.45) is 40.2 Å². The Kier molecular flexibility index (Phi) is 6.09. The summed E-state index contributed by atoms with van der Waals surface area (Å²) in [6.45, 7) is 8.30. The Morgan fingerprint density at radius 3 is 2.07 bits per heavy atom. The molecule has 0 aromatic carbocycles. The van der Waals surface area contributed by atoms with Crippen LogP contribution in [0.4, 0.5) is 0 Å². The number of hydrogen-bond donors (Lipinski definition) is 2. The highest BCUT2D eigenvalue weighted by Crippen LogP contribution is 2.60. The number of rotatable bonds is 5. The number of amides is 2. The molecule has 5 rings (SSSR count). The lowest BCUT2D eigenvalue weighted by atomic mass is 9.49. The summed E-state index contributed by atoms with van der Waals surface area (Å²) in [6.07, 6.45) is 8.04. The summed E-state index contributed by atoms with van der Waals surface area (Å²) in [5.74, 6) is 2.55. The van der Waals surface area contributed by atoms with Gasteiger partial charge in [0.25, 0.3) is 0 Å². The Hall–Kier alpha value is -0.810. The molecule has 2 amide bonds. The Morgan fingerprint density at radius 1 is 1.11 bits per heavy atom. The lowest BCUT2D eigenvalue weighted by Crippen LogP contribution is -2.58. The first kappa shape index (κ1) is 21.9. The van der Waals surface area contributed by atoms with Crippen molar-refractivity contribution in [2.45, 2.75) is 71.8 Å². The third-order valence-corrected chi connectivity index (χ3v) is 8.10. The van der Waals surface area contributed by atoms with Gasteiger partial charge < -0.3 is 16.0 Å². The smallest absolute Gasteiger partial charge is 0.245 e. The molecular formula is C22H38ClN3O2. The van der Waals surface area contributed by atoms with E-state index in [9.17, 15) is 9.59 Å². The van der Waals surface area contributed by atoms with E-state index in [1.54, 1.807) is 0 Å². The van der Waals surface area contributed by atoms with Crippen molar-refractivity contribution in [3.63, 3.8) is 0 Å². The Morgan fingerprint density at radius 2 is 1.64 bits per heavy atom. The second-order valence-electron chi connectivity index (χ2n) is 10.9. The van der Waals surface area contributed by atoms with Crippen molar-refractivity contribution in [1.29, 1.82) is 0 Å². The van der Waals surface area contributed by atoms with Gasteiger partial charge in [-0.25, -0.2) is 0 Å². The molecule has 2 atom stereocenters. The predicted molar refractivity (Wildman–Crippen MR) is 113 cm³/mol. The number of carbonyl (C=O) groups is 2. The molecule has 1 saturated heterocycles. The van der Waals surface area contributed by atoms with Crippen molar-refractivity contribution in [1.82, 2.24) is 10.2 Å². The molecule has 0 radical (unpaired) electrons. The van der Waals surface area contributed by atoms with Crippen LogP contribution in [-0.4, -0.2) is 42.4 Å². The van der Waals surface area contributed by atoms with Gasteiger partial charge in [0, 0.05) is 18.5 Å². The summed E-state index contributed by atoms with van der Waals surface area (Å²) in [4.78, 5) is 28.6. The molecule has 5 aliphatic rings. The molecule has 28 heavy (non-hydrogen) atoms. The second-order valence-corrected chi connectivity index (χ2v) is 10.9. The van der Waals surface area contributed by atoms with E-state index >= 15 is 0 Å². The van der Waals surface area contributed by atoms with Crippen molar-refractivity contribution >= 4 is 24.2 Å². The minimum Gasteiger partial charge on any atom is -0.344 e. The zero-order valence-electron chi connectivity index (χ0n) is 17.7. The lowest BCUT2D eigenvalue weighted by molar-refractivity contribution is -0.150. The van der Waals surface area contributed by atoms with Crippen LogP contribution < -0.4 is 11.1 Å². The monoisotopic (exact) mass is 411 g/mol. The Bertz CT molecular complexity index is 588. The number of nitrogens with two attached hydrogens (primary N) is 1. The summed E-state index contributed by atoms with van der Waals surface area (Å²) >= 11 is 0. The zero-order chi connectivity index (χ0) is 19.4. The Labute approximate surface area is 176 Å². The molecule has 5 nitrogen and oxygen atoms in total. The minimum absolute atomic E-state index is 0. The first-order chi connectivity index (χ1) is 12.7. The van der Waals surface area contributed by atoms with Crippen LogP contribution in [0.25, 0.3) is 0 Å². The van der Waals surface area contributed by atoms with Crippen LogP contribution in [-0.2, 0) is 9.59 Å². The van der Waals surface area contributed by atoms with Gasteiger partial charge in [-0.3, -0.25) is 9.59 Å². The number of nitrogens with zero attached hydrogens (tertiary/aromatic N) is 1. The molecule has 1 aliphatic heterocycles. The van der Waals surface area contributed by atoms with Crippen molar-refractivity contribution in [2.75, 3.05) is 19.6 Å². The molecule has 5 fully saturated rings. The molecule has 0 aromatic heterocycles. The molecule has 4 bridgehead atoms. The van der Waals surface area contributed by atoms with Crippen molar-refractivity contribution in [3.8, 4) is 0 Å². The standard InChI is InChI=1S/C22H37N3O2.ClH/c1-14(2)18(19(26)25-5-4-21(3,12-23)13-25)24-20(27)22-9-15-6-16(10-22)8-17(7-15)11-22;/h14-18H,4-13,23H2,1-3H3,(H,24,27);1H. The second kappa shape index (κ2) is 7.79. The van der Waals surface area contributed by atoms with Gasteiger partial charge in [0.05, 0.1) is 0 Å². The average Bonchev–Trinajstić information content (AvgIpc) is 3.00. The first-order valence-corrected chi connectivity index (χ1v) is 11.0. The van der Waals surface area contributed by atoms with Gasteiger partial charge in [-0.2, -0.15) is 0 Å². The highest BCUT2D eigenvalue weighted by atomic mass is 35.5. The number of hydrogen-bond acceptors (Lipinski definition) is 3. The summed E-state index contributed by atoms with van der Waals surface area (Å²) < 4.78 is 0. The third kappa shape index (κ3) is 3.81. The van der Waals surface area contributed by atoms with Gasteiger partial charge >= 0.3 is 0 Å². The molecule has 4 aliphatic carbocycles. The van der Waals surface area contributed by atoms with E-state index < -0.39 is 6.04 Å². The van der Waals surface area contributed by atoms with Gasteiger partial charge in [-0.15, -0.1) is 12.4 Å². The third-order valence-electron chi connectivity index (χ3n) is 8.10. The van der Waals surface area contributed by atoms with Gasteiger partial charge in [-0.1, -0.05) is 20.8 Å². The van der Waals surface area contributed by atoms with Gasteiger partial charge in [0.1, 0.15) is 6.04 Å². The number of carbonyl (C=O) groups excluding carboxylic acids is 2. The maximum atomic E-state index is 13.4. The van der Waals surface area contributed by atoms with Gasteiger partial charge in [0.15, 0.2) is 0 Å². The van der Waals surface area contributed by atoms with Crippen molar-refractivity contribution < 1.29 is 9.59 Å². The van der Waals surface area contributed by atoms with Crippen LogP contribution in [0, 0.1) is 34.5 Å². The van der Waals surface area contributed by atoms with Crippen LogP contribution in [0.5, 0.6) is 0 Å². The number of nitrogens with one attached hydrogen (secondary N) is 1. The largest absolute Gasteiger partial charge is 0.344 e. The molecule has 3 N–H and O–H groups in total. The normalized spacial score (nSPS) is 39.8. The van der Waals surface area contributed by atoms with Gasteiger partial charge in [0.2, 0.25) is 11.8 Å². The van der Waals surface area contributed by atoms with Crippen LogP contribution in [0.1, 0.15) is 65.7 Å². The molecule has 6 heteroatoms. The van der Waals surface area contributed by atoms with Crippen LogP contribution in [0.2, 0.25) is 0 Å². The maximum absolute atomic E-state index is 13.4. The summed E-state index contributed by atoms with van der Waals surface area (Å²) in [5.41, 5.74) is 5.73. The maximum Gasteiger partial charge on any atom is 0.245 e. The van der Waals surface area contributed by atoms with E-state index in [-0.39, 0.29) is 41.0 Å². The quantitative estimate of drug-likeness (QED) is 0.730. The molecule has 2 unspecified atom stereocenters. The predicted octanol–water partition coefficient (Wildman–Crippen LogP) is 2.96. The molecular weight excluding hydrogens is 374 g/mol. The highest BCUT2D eigenvalue weighted by Gasteiger charge is 2.55. The fourth-order valence-electron chi connectivity index (χ4n) is 6.77. The van der Waals surface area contributed by atoms with Crippen molar-refractivity contribution in [3.05, 3.63) is 0 Å². The minimum atomic E-state index is -0.411. The summed E-state index contributed by atoms with van der Waals surface area (Å²) in [6, 6.07) is -0.411. The topological polar surface area (TPSA) is 75.4 Å². The summed E-state index contributed by atoms with van der Waals surface area (Å²) in [7, 11) is 0. The van der Waals surface area contributed by atoms with Crippen LogP contribution >= 0.6 is 12.4 Å². The number of likely N-dealkylation sites (tertiary alicyclic amines) is 1. The van der Waals surface area contributed by atoms with E-state index in [0.29, 0.717) is 13.1 Å². The van der Waals surface area contributed by atoms with E-state index in [1.165, 1.54) is 19.3 Å². The van der Waals surface area contributed by atoms with Crippen LogP contribution in [0.3, 0.4) is 0 Å². The number of halogens is 1. The SMILES string of the molecule is CC(C)C(NC(=O)C12CC3CC(CC(C3)C1)C2)C(=O)N1CCC(C)(CN)C1.Cl. The fraction of sp³-hybridized carbons (Fsp3) is 0.909. The molecule has 4 saturated carbocycles. The van der Waals surface area contributed by atoms with E-state index in [0.717, 1.165) is 50.0 Å². The fourth-order valence-corrected chi connectivity index (χ4v) is 6.77. The Balaban J connectivity index is 0.00000225. The van der Waals surface area contributed by atoms with E-state index in [2.05, 4.69) is 12.2 Å². The average molecular weight is 412 g/mol. The molecule has 1 heterocycles. The van der Waals surface area contributed by atoms with Crippen LogP contribution in [0.15, 0.2) is 0 Å². The summed E-state index contributed by atoms with van der Waals surface area (Å²) in [5, 5.41) is 3.23. The molecule has 0 spiro atoms. The first-order valence-electron chi connectivity index (χ1n) is 11.0. The van der Waals surface area contributed by atoms with Gasteiger partial charge in [-0.05, 0) is 80.6 Å². The molecule has 0 aromatic rings. The highest BCUT2D eigenvalue weighted by molar-refractivity contribution is 5.90. The lowest BCUT2D eigenvalue weighted by Gasteiger charge is -2.56. The van der Waals surface area contributed by atoms with E-state index in [4.69, 9.17) is 5.73 Å². The zero-order valence-corrected chi connectivity index (χ0v) is 18.5.